The lowest BCUT2D eigenvalue weighted by atomic mass is 10.2. The van der Waals surface area contributed by atoms with Crippen molar-refractivity contribution in [3.05, 3.63) is 0 Å². The van der Waals surface area contributed by atoms with Gasteiger partial charge in [0.1, 0.15) is 0 Å². The van der Waals surface area contributed by atoms with E-state index in [1.807, 2.05) is 0 Å². The molecule has 1 rings (SSSR count). The number of hydrogen-bond acceptors (Lipinski definition) is 4. The monoisotopic (exact) mass is 205 g/mol. The first-order chi connectivity index (χ1) is 6.18. The molecule has 0 aromatic heterocycles. The molecule has 1 aliphatic rings. The number of piperidine rings is 1. The number of amides is 2. The molecule has 74 valence electrons. The number of carbonyl (C=O) groups excluding carboxylic acids is 1. The van der Waals surface area contributed by atoms with Gasteiger partial charge in [-0.1, -0.05) is 10.8 Å². The molecule has 0 spiro atoms. The zero-order valence-corrected chi connectivity index (χ0v) is 7.88. The predicted octanol–water partition coefficient (Wildman–Crippen LogP) is 0.160. The average Bonchev–Trinajstić information content (AvgIpc) is 2.04. The minimum atomic E-state index is -2.66. The van der Waals surface area contributed by atoms with Crippen LogP contribution in [0.4, 0.5) is 4.79 Å². The van der Waals surface area contributed by atoms with E-state index in [0.717, 1.165) is 32.4 Å². The van der Waals surface area contributed by atoms with Crippen molar-refractivity contribution in [2.75, 3.05) is 13.1 Å². The smallest absolute Gasteiger partial charge is 0.268 e. The van der Waals surface area contributed by atoms with Gasteiger partial charge in [-0.05, 0) is 12.8 Å². The lowest BCUT2D eigenvalue weighted by Crippen LogP contribution is -2.43. The first-order valence-corrected chi connectivity index (χ1v) is 5.08. The largest absolute Gasteiger partial charge is 0.370 e. The van der Waals surface area contributed by atoms with Gasteiger partial charge in [-0.15, -0.1) is 0 Å². The molecular formula is C6H11N3O3S. The van der Waals surface area contributed by atoms with Crippen LogP contribution in [-0.4, -0.2) is 32.5 Å². The van der Waals surface area contributed by atoms with Crippen LogP contribution in [0, 0.1) is 0 Å². The summed E-state index contributed by atoms with van der Waals surface area (Å²) in [7, 11) is -2.66. The highest BCUT2D eigenvalue weighted by Gasteiger charge is 2.11. The van der Waals surface area contributed by atoms with Gasteiger partial charge >= 0.3 is 16.5 Å². The third-order valence-corrected chi connectivity index (χ3v) is 2.08. The Morgan fingerprint density at radius 1 is 1.23 bits per heavy atom. The number of urea groups is 1. The molecule has 1 aliphatic heterocycles. The van der Waals surface area contributed by atoms with Crippen LogP contribution in [-0.2, 0) is 10.5 Å². The standard InChI is InChI=1S/C6H11N3O3S/c10-6(8-13(11)12)7-9-4-2-1-3-5-9/h1-5H2,(H,7,10). The van der Waals surface area contributed by atoms with Crippen LogP contribution < -0.4 is 5.43 Å². The molecule has 0 atom stereocenters. The SMILES string of the molecule is O=C(N=S(=O)=O)NN1CCCCC1. The van der Waals surface area contributed by atoms with E-state index in [-0.39, 0.29) is 0 Å². The summed E-state index contributed by atoms with van der Waals surface area (Å²) in [6, 6.07) is -0.824. The highest BCUT2D eigenvalue weighted by atomic mass is 32.2. The van der Waals surface area contributed by atoms with Crippen LogP contribution in [0.1, 0.15) is 19.3 Å². The summed E-state index contributed by atoms with van der Waals surface area (Å²) in [5.41, 5.74) is 2.38. The van der Waals surface area contributed by atoms with Crippen molar-refractivity contribution in [2.45, 2.75) is 19.3 Å². The molecule has 1 N–H and O–H groups in total. The summed E-state index contributed by atoms with van der Waals surface area (Å²) in [4.78, 5) is 10.8. The topological polar surface area (TPSA) is 78.8 Å². The quantitative estimate of drug-likeness (QED) is 0.661. The van der Waals surface area contributed by atoms with Gasteiger partial charge in [0.2, 0.25) is 0 Å². The summed E-state index contributed by atoms with van der Waals surface area (Å²) in [6.07, 6.45) is 3.18. The molecule has 0 aliphatic carbocycles. The second kappa shape index (κ2) is 4.93. The maximum Gasteiger partial charge on any atom is 0.370 e. The number of hydrogen-bond donors (Lipinski definition) is 1. The molecule has 7 heteroatoms. The Morgan fingerprint density at radius 2 is 1.85 bits per heavy atom. The molecule has 1 saturated heterocycles. The Labute approximate surface area is 77.6 Å². The van der Waals surface area contributed by atoms with Gasteiger partial charge in [-0.3, -0.25) is 5.43 Å². The van der Waals surface area contributed by atoms with Gasteiger partial charge in [0, 0.05) is 13.1 Å². The third-order valence-electron chi connectivity index (χ3n) is 1.77. The molecule has 1 heterocycles. The van der Waals surface area contributed by atoms with Crippen molar-refractivity contribution in [1.82, 2.24) is 10.4 Å². The van der Waals surface area contributed by atoms with Crippen molar-refractivity contribution in [2.24, 2.45) is 4.36 Å². The first-order valence-electron chi connectivity index (χ1n) is 4.05. The van der Waals surface area contributed by atoms with E-state index in [0.29, 0.717) is 0 Å². The summed E-state index contributed by atoms with van der Waals surface area (Å²) in [5.74, 6) is 0. The molecular weight excluding hydrogens is 194 g/mol. The highest BCUT2D eigenvalue weighted by molar-refractivity contribution is 7.62. The van der Waals surface area contributed by atoms with E-state index in [2.05, 4.69) is 9.79 Å². The summed E-state index contributed by atoms with van der Waals surface area (Å²) < 4.78 is 22.8. The average molecular weight is 205 g/mol. The Balaban J connectivity index is 2.39. The predicted molar refractivity (Wildman–Crippen MR) is 45.3 cm³/mol. The fourth-order valence-electron chi connectivity index (χ4n) is 1.23. The van der Waals surface area contributed by atoms with Crippen molar-refractivity contribution in [1.29, 1.82) is 0 Å². The van der Waals surface area contributed by atoms with Gasteiger partial charge in [-0.25, -0.2) is 9.80 Å². The van der Waals surface area contributed by atoms with E-state index in [1.54, 1.807) is 5.01 Å². The van der Waals surface area contributed by atoms with Crippen molar-refractivity contribution in [3.63, 3.8) is 0 Å². The van der Waals surface area contributed by atoms with E-state index in [4.69, 9.17) is 0 Å². The summed E-state index contributed by atoms with van der Waals surface area (Å²) >= 11 is 0. The molecule has 0 bridgehead atoms. The van der Waals surface area contributed by atoms with Crippen LogP contribution in [0.5, 0.6) is 0 Å². The second-order valence-corrected chi connectivity index (χ2v) is 3.39. The number of rotatable bonds is 1. The third kappa shape index (κ3) is 4.00. The first kappa shape index (κ1) is 10.1. The van der Waals surface area contributed by atoms with E-state index in [9.17, 15) is 13.2 Å². The number of nitrogens with one attached hydrogen (secondary N) is 1. The van der Waals surface area contributed by atoms with E-state index < -0.39 is 16.5 Å². The molecule has 6 nitrogen and oxygen atoms in total. The maximum atomic E-state index is 10.8. The van der Waals surface area contributed by atoms with Gasteiger partial charge in [-0.2, -0.15) is 8.42 Å². The van der Waals surface area contributed by atoms with Gasteiger partial charge in [0.05, 0.1) is 0 Å². The molecule has 13 heavy (non-hydrogen) atoms. The normalized spacial score (nSPS) is 17.8. The Hall–Kier alpha value is -0.950. The van der Waals surface area contributed by atoms with Gasteiger partial charge < -0.3 is 0 Å². The van der Waals surface area contributed by atoms with Crippen molar-refractivity contribution < 1.29 is 13.2 Å². The molecule has 0 aromatic rings. The minimum absolute atomic E-state index is 0.757. The van der Waals surface area contributed by atoms with Gasteiger partial charge in [0.15, 0.2) is 0 Å². The maximum absolute atomic E-state index is 10.8. The van der Waals surface area contributed by atoms with Crippen LogP contribution >= 0.6 is 0 Å². The Kier molecular flexibility index (Phi) is 3.84. The lowest BCUT2D eigenvalue weighted by molar-refractivity contribution is 0.160. The Bertz CT molecular complexity index is 297. The van der Waals surface area contributed by atoms with E-state index >= 15 is 0 Å². The number of hydrazine groups is 1. The molecule has 0 aromatic carbocycles. The zero-order chi connectivity index (χ0) is 9.68. The highest BCUT2D eigenvalue weighted by Crippen LogP contribution is 2.05. The Morgan fingerprint density at radius 3 is 2.38 bits per heavy atom. The molecule has 1 fully saturated rings. The summed E-state index contributed by atoms with van der Waals surface area (Å²) in [6.45, 7) is 1.51. The second-order valence-electron chi connectivity index (χ2n) is 2.77. The summed E-state index contributed by atoms with van der Waals surface area (Å²) in [5, 5.41) is 1.68. The molecule has 0 saturated carbocycles. The molecule has 0 unspecified atom stereocenters. The lowest BCUT2D eigenvalue weighted by Gasteiger charge is -2.25. The van der Waals surface area contributed by atoms with Crippen LogP contribution in [0.3, 0.4) is 0 Å². The minimum Gasteiger partial charge on any atom is -0.268 e. The fourth-order valence-corrected chi connectivity index (χ4v) is 1.41. The molecule has 0 radical (unpaired) electrons. The van der Waals surface area contributed by atoms with Crippen LogP contribution in [0.2, 0.25) is 0 Å². The van der Waals surface area contributed by atoms with Gasteiger partial charge in [0.25, 0.3) is 0 Å². The van der Waals surface area contributed by atoms with Crippen molar-refractivity contribution >= 4 is 16.5 Å². The van der Waals surface area contributed by atoms with E-state index in [1.165, 1.54) is 0 Å². The van der Waals surface area contributed by atoms with Crippen molar-refractivity contribution in [3.8, 4) is 0 Å². The zero-order valence-electron chi connectivity index (χ0n) is 7.06. The van der Waals surface area contributed by atoms with Crippen LogP contribution in [0.25, 0.3) is 0 Å². The fraction of sp³-hybridized carbons (Fsp3) is 0.833. The molecule has 2 amide bonds. The number of nitrogens with zero attached hydrogens (tertiary/aromatic N) is 2. The number of carbonyl (C=O) groups is 1. The van der Waals surface area contributed by atoms with Crippen LogP contribution in [0.15, 0.2) is 4.36 Å².